The molecule has 0 heterocycles. The Morgan fingerprint density at radius 2 is 2.11 bits per heavy atom. The highest BCUT2D eigenvalue weighted by atomic mass is 79.9. The van der Waals surface area contributed by atoms with Gasteiger partial charge in [0.1, 0.15) is 0 Å². The van der Waals surface area contributed by atoms with Gasteiger partial charge < -0.3 is 9.64 Å². The van der Waals surface area contributed by atoms with Crippen LogP contribution in [-0.4, -0.2) is 30.6 Å². The number of amides is 1. The first kappa shape index (κ1) is 15.2. The van der Waals surface area contributed by atoms with E-state index in [0.717, 1.165) is 10.0 Å². The Balaban J connectivity index is 2.60. The standard InChI is InChI=1S/C14H20BrNO2/c1-14(2,18-4)9-13(17)16(3)10-11-6-5-7-12(15)8-11/h5-8H,9-10H2,1-4H3. The van der Waals surface area contributed by atoms with Gasteiger partial charge >= 0.3 is 0 Å². The van der Waals surface area contributed by atoms with Gasteiger partial charge in [0.05, 0.1) is 12.0 Å². The van der Waals surface area contributed by atoms with E-state index in [1.807, 2.05) is 45.2 Å². The molecule has 0 fully saturated rings. The van der Waals surface area contributed by atoms with E-state index < -0.39 is 5.60 Å². The Labute approximate surface area is 117 Å². The van der Waals surface area contributed by atoms with Gasteiger partial charge in [-0.1, -0.05) is 28.1 Å². The minimum atomic E-state index is -0.414. The number of methoxy groups -OCH3 is 1. The lowest BCUT2D eigenvalue weighted by Gasteiger charge is -2.25. The van der Waals surface area contributed by atoms with Crippen LogP contribution in [0.5, 0.6) is 0 Å². The molecule has 0 aromatic heterocycles. The third kappa shape index (κ3) is 4.78. The Bertz CT molecular complexity index is 418. The van der Waals surface area contributed by atoms with Gasteiger partial charge in [0.15, 0.2) is 0 Å². The van der Waals surface area contributed by atoms with E-state index in [9.17, 15) is 4.79 Å². The summed E-state index contributed by atoms with van der Waals surface area (Å²) in [6, 6.07) is 7.97. The van der Waals surface area contributed by atoms with Crippen LogP contribution < -0.4 is 0 Å². The SMILES string of the molecule is COC(C)(C)CC(=O)N(C)Cc1cccc(Br)c1. The smallest absolute Gasteiger partial charge is 0.225 e. The van der Waals surface area contributed by atoms with Crippen LogP contribution in [-0.2, 0) is 16.1 Å². The summed E-state index contributed by atoms with van der Waals surface area (Å²) in [5.41, 5.74) is 0.693. The number of nitrogens with zero attached hydrogens (tertiary/aromatic N) is 1. The molecule has 3 nitrogen and oxygen atoms in total. The number of hydrogen-bond acceptors (Lipinski definition) is 2. The number of halogens is 1. The maximum absolute atomic E-state index is 12.0. The number of benzene rings is 1. The Morgan fingerprint density at radius 1 is 1.44 bits per heavy atom. The number of rotatable bonds is 5. The molecule has 0 aliphatic heterocycles. The second-order valence-corrected chi connectivity index (χ2v) is 5.94. The fourth-order valence-electron chi connectivity index (χ4n) is 1.57. The lowest BCUT2D eigenvalue weighted by atomic mass is 10.0. The molecule has 0 aliphatic rings. The third-order valence-electron chi connectivity index (χ3n) is 2.86. The van der Waals surface area contributed by atoms with Crippen LogP contribution in [0.3, 0.4) is 0 Å². The van der Waals surface area contributed by atoms with Gasteiger partial charge in [0, 0.05) is 25.2 Å². The molecular formula is C14H20BrNO2. The van der Waals surface area contributed by atoms with E-state index in [2.05, 4.69) is 15.9 Å². The van der Waals surface area contributed by atoms with Crippen molar-refractivity contribution in [3.63, 3.8) is 0 Å². The van der Waals surface area contributed by atoms with E-state index >= 15 is 0 Å². The molecule has 0 atom stereocenters. The Morgan fingerprint density at radius 3 is 2.67 bits per heavy atom. The summed E-state index contributed by atoms with van der Waals surface area (Å²) in [4.78, 5) is 13.8. The van der Waals surface area contributed by atoms with Crippen LogP contribution in [0.25, 0.3) is 0 Å². The minimum absolute atomic E-state index is 0.0850. The maximum atomic E-state index is 12.0. The molecule has 0 spiro atoms. The summed E-state index contributed by atoms with van der Waals surface area (Å²) in [6.45, 7) is 4.44. The van der Waals surface area contributed by atoms with Crippen LogP contribution in [0.1, 0.15) is 25.8 Å². The predicted octanol–water partition coefficient (Wildman–Crippen LogP) is 3.22. The number of ether oxygens (including phenoxy) is 1. The van der Waals surface area contributed by atoms with Crippen LogP contribution >= 0.6 is 15.9 Å². The molecule has 0 saturated heterocycles. The van der Waals surface area contributed by atoms with Gasteiger partial charge in [-0.05, 0) is 31.5 Å². The zero-order chi connectivity index (χ0) is 13.8. The summed E-state index contributed by atoms with van der Waals surface area (Å²) >= 11 is 3.43. The molecule has 0 N–H and O–H groups in total. The molecule has 1 amide bonds. The van der Waals surface area contributed by atoms with E-state index in [1.165, 1.54) is 0 Å². The second-order valence-electron chi connectivity index (χ2n) is 5.02. The summed E-state index contributed by atoms with van der Waals surface area (Å²) < 4.78 is 6.30. The molecule has 0 aliphatic carbocycles. The van der Waals surface area contributed by atoms with Crippen molar-refractivity contribution in [2.45, 2.75) is 32.4 Å². The van der Waals surface area contributed by atoms with Crippen LogP contribution in [0, 0.1) is 0 Å². The van der Waals surface area contributed by atoms with E-state index in [4.69, 9.17) is 4.74 Å². The zero-order valence-corrected chi connectivity index (χ0v) is 13.0. The average molecular weight is 314 g/mol. The molecule has 0 saturated carbocycles. The summed E-state index contributed by atoms with van der Waals surface area (Å²) in [5, 5.41) is 0. The lowest BCUT2D eigenvalue weighted by molar-refractivity contribution is -0.135. The van der Waals surface area contributed by atoms with E-state index in [0.29, 0.717) is 13.0 Å². The van der Waals surface area contributed by atoms with Crippen molar-refractivity contribution < 1.29 is 9.53 Å². The molecule has 0 radical (unpaired) electrons. The Hall–Kier alpha value is -0.870. The van der Waals surface area contributed by atoms with Gasteiger partial charge in [-0.25, -0.2) is 0 Å². The molecule has 100 valence electrons. The van der Waals surface area contributed by atoms with Gasteiger partial charge in [-0.3, -0.25) is 4.79 Å². The van der Waals surface area contributed by atoms with Crippen molar-refractivity contribution in [3.8, 4) is 0 Å². The van der Waals surface area contributed by atoms with Crippen molar-refractivity contribution in [1.82, 2.24) is 4.90 Å². The van der Waals surface area contributed by atoms with Gasteiger partial charge in [0.2, 0.25) is 5.91 Å². The van der Waals surface area contributed by atoms with Gasteiger partial charge in [-0.15, -0.1) is 0 Å². The van der Waals surface area contributed by atoms with E-state index in [-0.39, 0.29) is 5.91 Å². The topological polar surface area (TPSA) is 29.5 Å². The molecular weight excluding hydrogens is 294 g/mol. The van der Waals surface area contributed by atoms with Crippen molar-refractivity contribution in [3.05, 3.63) is 34.3 Å². The van der Waals surface area contributed by atoms with Crippen LogP contribution in [0.4, 0.5) is 0 Å². The quantitative estimate of drug-likeness (QED) is 0.835. The highest BCUT2D eigenvalue weighted by Crippen LogP contribution is 2.17. The average Bonchev–Trinajstić information content (AvgIpc) is 2.28. The van der Waals surface area contributed by atoms with Crippen LogP contribution in [0.2, 0.25) is 0 Å². The number of carbonyl (C=O) groups is 1. The summed E-state index contributed by atoms with van der Waals surface area (Å²) in [5.74, 6) is 0.0850. The van der Waals surface area contributed by atoms with Crippen LogP contribution in [0.15, 0.2) is 28.7 Å². The molecule has 1 aromatic rings. The molecule has 1 aromatic carbocycles. The van der Waals surface area contributed by atoms with Crippen molar-refractivity contribution in [1.29, 1.82) is 0 Å². The summed E-state index contributed by atoms with van der Waals surface area (Å²) in [6.07, 6.45) is 0.383. The van der Waals surface area contributed by atoms with Gasteiger partial charge in [0.25, 0.3) is 0 Å². The molecule has 0 bridgehead atoms. The molecule has 4 heteroatoms. The first-order valence-corrected chi connectivity index (χ1v) is 6.67. The zero-order valence-electron chi connectivity index (χ0n) is 11.4. The minimum Gasteiger partial charge on any atom is -0.378 e. The fraction of sp³-hybridized carbons (Fsp3) is 0.500. The van der Waals surface area contributed by atoms with Crippen molar-refractivity contribution in [2.24, 2.45) is 0 Å². The number of hydrogen-bond donors (Lipinski definition) is 0. The Kier molecular flexibility index (Phi) is 5.35. The molecule has 0 unspecified atom stereocenters. The largest absolute Gasteiger partial charge is 0.378 e. The predicted molar refractivity (Wildman–Crippen MR) is 76.3 cm³/mol. The molecule has 18 heavy (non-hydrogen) atoms. The van der Waals surface area contributed by atoms with Gasteiger partial charge in [-0.2, -0.15) is 0 Å². The van der Waals surface area contributed by atoms with E-state index in [1.54, 1.807) is 12.0 Å². The monoisotopic (exact) mass is 313 g/mol. The first-order chi connectivity index (χ1) is 8.34. The fourth-order valence-corrected chi connectivity index (χ4v) is 2.02. The second kappa shape index (κ2) is 6.34. The highest BCUT2D eigenvalue weighted by Gasteiger charge is 2.23. The maximum Gasteiger partial charge on any atom is 0.225 e. The van der Waals surface area contributed by atoms with Crippen molar-refractivity contribution in [2.75, 3.05) is 14.2 Å². The lowest BCUT2D eigenvalue weighted by Crippen LogP contribution is -2.34. The third-order valence-corrected chi connectivity index (χ3v) is 3.36. The molecule has 1 rings (SSSR count). The number of carbonyl (C=O) groups excluding carboxylic acids is 1. The normalized spacial score (nSPS) is 11.4. The first-order valence-electron chi connectivity index (χ1n) is 5.87. The van der Waals surface area contributed by atoms with Crippen molar-refractivity contribution >= 4 is 21.8 Å². The summed E-state index contributed by atoms with van der Waals surface area (Å²) in [7, 11) is 3.44. The highest BCUT2D eigenvalue weighted by molar-refractivity contribution is 9.10.